The summed E-state index contributed by atoms with van der Waals surface area (Å²) in [5.74, 6) is 0.322. The molecule has 2 N–H and O–H groups in total. The van der Waals surface area contributed by atoms with Crippen LogP contribution in [-0.2, 0) is 6.54 Å². The van der Waals surface area contributed by atoms with Crippen LogP contribution in [0.4, 0.5) is 0 Å². The number of benzene rings is 1. The summed E-state index contributed by atoms with van der Waals surface area (Å²) in [5.41, 5.74) is 1.11. The number of aryl methyl sites for hydroxylation is 1. The Morgan fingerprint density at radius 1 is 1.42 bits per heavy atom. The van der Waals surface area contributed by atoms with Crippen molar-refractivity contribution in [1.29, 1.82) is 0 Å². The molecule has 0 spiro atoms. The molecule has 1 aromatic heterocycles. The molecule has 0 saturated heterocycles. The number of nitrogens with zero attached hydrogens (tertiary/aromatic N) is 2. The summed E-state index contributed by atoms with van der Waals surface area (Å²) < 4.78 is 0. The smallest absolute Gasteiger partial charge is 0.251 e. The third kappa shape index (κ3) is 3.42. The van der Waals surface area contributed by atoms with E-state index in [-0.39, 0.29) is 16.7 Å². The first kappa shape index (κ1) is 13.3. The number of aromatic nitrogens is 2. The second-order valence-corrected chi connectivity index (χ2v) is 4.35. The van der Waals surface area contributed by atoms with E-state index in [1.165, 1.54) is 18.2 Å². The molecule has 6 heteroatoms. The lowest BCUT2D eigenvalue weighted by molar-refractivity contribution is 0.0950. The Morgan fingerprint density at radius 3 is 2.89 bits per heavy atom. The summed E-state index contributed by atoms with van der Waals surface area (Å²) in [4.78, 5) is 20.0. The zero-order valence-corrected chi connectivity index (χ0v) is 11.0. The minimum atomic E-state index is -0.279. The summed E-state index contributed by atoms with van der Waals surface area (Å²) >= 11 is 5.75. The van der Waals surface area contributed by atoms with Crippen LogP contribution in [0, 0.1) is 6.92 Å². The molecule has 2 rings (SSSR count). The van der Waals surface area contributed by atoms with Crippen LogP contribution in [0.1, 0.15) is 21.9 Å². The van der Waals surface area contributed by atoms with E-state index in [2.05, 4.69) is 15.3 Å². The van der Waals surface area contributed by atoms with Gasteiger partial charge in [-0.15, -0.1) is 0 Å². The number of rotatable bonds is 3. The molecule has 1 aromatic carbocycles. The lowest BCUT2D eigenvalue weighted by Crippen LogP contribution is -2.23. The van der Waals surface area contributed by atoms with Gasteiger partial charge in [0.15, 0.2) is 0 Å². The van der Waals surface area contributed by atoms with Gasteiger partial charge in [-0.05, 0) is 31.2 Å². The first-order valence-electron chi connectivity index (χ1n) is 5.61. The molecular weight excluding hydrogens is 266 g/mol. The Kier molecular flexibility index (Phi) is 3.97. The zero-order chi connectivity index (χ0) is 13.8. The number of phenols is 1. The molecule has 0 fully saturated rings. The molecule has 5 nitrogen and oxygen atoms in total. The van der Waals surface area contributed by atoms with E-state index in [0.717, 1.165) is 5.69 Å². The molecule has 0 saturated carbocycles. The second-order valence-electron chi connectivity index (χ2n) is 3.94. The van der Waals surface area contributed by atoms with Gasteiger partial charge in [0.25, 0.3) is 5.91 Å². The van der Waals surface area contributed by atoms with Crippen LogP contribution in [0.5, 0.6) is 5.75 Å². The third-order valence-corrected chi connectivity index (χ3v) is 2.78. The van der Waals surface area contributed by atoms with Gasteiger partial charge >= 0.3 is 0 Å². The third-order valence-electron chi connectivity index (χ3n) is 2.47. The van der Waals surface area contributed by atoms with Gasteiger partial charge in [0, 0.05) is 11.8 Å². The van der Waals surface area contributed by atoms with E-state index in [1.807, 2.05) is 0 Å². The topological polar surface area (TPSA) is 75.1 Å². The normalized spacial score (nSPS) is 10.2. The summed E-state index contributed by atoms with van der Waals surface area (Å²) in [5, 5.41) is 12.1. The van der Waals surface area contributed by atoms with Gasteiger partial charge in [0.2, 0.25) is 0 Å². The first-order chi connectivity index (χ1) is 9.06. The van der Waals surface area contributed by atoms with Crippen LogP contribution in [0.3, 0.4) is 0 Å². The van der Waals surface area contributed by atoms with E-state index in [9.17, 15) is 9.90 Å². The summed E-state index contributed by atoms with van der Waals surface area (Å²) in [7, 11) is 0. The van der Waals surface area contributed by atoms with Gasteiger partial charge < -0.3 is 10.4 Å². The first-order valence-corrected chi connectivity index (χ1v) is 5.99. The summed E-state index contributed by atoms with van der Waals surface area (Å²) in [6.45, 7) is 2.09. The van der Waals surface area contributed by atoms with Crippen LogP contribution in [0.25, 0.3) is 0 Å². The van der Waals surface area contributed by atoms with E-state index < -0.39 is 0 Å². The monoisotopic (exact) mass is 277 g/mol. The van der Waals surface area contributed by atoms with Crippen molar-refractivity contribution in [3.63, 3.8) is 0 Å². The van der Waals surface area contributed by atoms with E-state index in [4.69, 9.17) is 11.6 Å². The number of carbonyl (C=O) groups excluding carboxylic acids is 1. The van der Waals surface area contributed by atoms with Crippen molar-refractivity contribution in [1.82, 2.24) is 15.3 Å². The Labute approximate surface area is 115 Å². The molecule has 0 aliphatic carbocycles. The lowest BCUT2D eigenvalue weighted by atomic mass is 10.2. The maximum atomic E-state index is 11.9. The van der Waals surface area contributed by atoms with Crippen LogP contribution >= 0.6 is 11.6 Å². The van der Waals surface area contributed by atoms with Crippen molar-refractivity contribution >= 4 is 17.5 Å². The standard InChI is InChI=1S/C13H12ClN3O2/c1-8-15-5-4-10(17-8)7-16-13(19)9-2-3-12(18)11(14)6-9/h2-6,18H,7H2,1H3,(H,16,19). The molecule has 1 heterocycles. The van der Waals surface area contributed by atoms with Crippen LogP contribution < -0.4 is 5.32 Å². The van der Waals surface area contributed by atoms with E-state index >= 15 is 0 Å². The van der Waals surface area contributed by atoms with Gasteiger partial charge in [-0.1, -0.05) is 11.6 Å². The van der Waals surface area contributed by atoms with Gasteiger partial charge in [0.05, 0.1) is 17.3 Å². The molecule has 0 unspecified atom stereocenters. The maximum absolute atomic E-state index is 11.9. The molecular formula is C13H12ClN3O2. The number of halogens is 1. The number of carbonyl (C=O) groups is 1. The minimum absolute atomic E-state index is 0.0513. The maximum Gasteiger partial charge on any atom is 0.251 e. The van der Waals surface area contributed by atoms with Gasteiger partial charge in [-0.25, -0.2) is 9.97 Å². The average molecular weight is 278 g/mol. The highest BCUT2D eigenvalue weighted by Gasteiger charge is 2.08. The molecule has 0 bridgehead atoms. The number of nitrogens with one attached hydrogen (secondary N) is 1. The summed E-state index contributed by atoms with van der Waals surface area (Å²) in [6.07, 6.45) is 1.64. The fourth-order valence-electron chi connectivity index (χ4n) is 1.52. The largest absolute Gasteiger partial charge is 0.506 e. The van der Waals surface area contributed by atoms with Crippen LogP contribution in [0.15, 0.2) is 30.5 Å². The van der Waals surface area contributed by atoms with E-state index in [0.29, 0.717) is 17.9 Å². The quantitative estimate of drug-likeness (QED) is 0.901. The number of hydrogen-bond donors (Lipinski definition) is 2. The van der Waals surface area contributed by atoms with Crippen molar-refractivity contribution < 1.29 is 9.90 Å². The molecule has 2 aromatic rings. The highest BCUT2D eigenvalue weighted by Crippen LogP contribution is 2.23. The molecule has 0 radical (unpaired) electrons. The Bertz CT molecular complexity index is 617. The molecule has 19 heavy (non-hydrogen) atoms. The average Bonchev–Trinajstić information content (AvgIpc) is 2.39. The fraction of sp³-hybridized carbons (Fsp3) is 0.154. The Hall–Kier alpha value is -2.14. The Balaban J connectivity index is 2.03. The predicted molar refractivity (Wildman–Crippen MR) is 71.1 cm³/mol. The van der Waals surface area contributed by atoms with Gasteiger partial charge in [-0.3, -0.25) is 4.79 Å². The highest BCUT2D eigenvalue weighted by molar-refractivity contribution is 6.32. The van der Waals surface area contributed by atoms with Crippen LogP contribution in [-0.4, -0.2) is 21.0 Å². The van der Waals surface area contributed by atoms with Gasteiger partial charge in [0.1, 0.15) is 11.6 Å². The van der Waals surface area contributed by atoms with Crippen molar-refractivity contribution in [2.75, 3.05) is 0 Å². The minimum Gasteiger partial charge on any atom is -0.506 e. The molecule has 98 valence electrons. The molecule has 0 atom stereocenters. The molecule has 0 aliphatic heterocycles. The van der Waals surface area contributed by atoms with Crippen molar-refractivity contribution in [3.8, 4) is 5.75 Å². The predicted octanol–water partition coefficient (Wildman–Crippen LogP) is 2.07. The number of hydrogen-bond acceptors (Lipinski definition) is 4. The highest BCUT2D eigenvalue weighted by atomic mass is 35.5. The van der Waals surface area contributed by atoms with E-state index in [1.54, 1.807) is 19.2 Å². The molecule has 0 aliphatic rings. The van der Waals surface area contributed by atoms with Crippen LogP contribution in [0.2, 0.25) is 5.02 Å². The van der Waals surface area contributed by atoms with Crippen molar-refractivity contribution in [3.05, 3.63) is 52.6 Å². The van der Waals surface area contributed by atoms with Gasteiger partial charge in [-0.2, -0.15) is 0 Å². The number of aromatic hydroxyl groups is 1. The molecule has 1 amide bonds. The van der Waals surface area contributed by atoms with Crippen molar-refractivity contribution in [2.24, 2.45) is 0 Å². The lowest BCUT2D eigenvalue weighted by Gasteiger charge is -2.06. The Morgan fingerprint density at radius 2 is 2.21 bits per heavy atom. The number of amides is 1. The SMILES string of the molecule is Cc1nccc(CNC(=O)c2ccc(O)c(Cl)c2)n1. The zero-order valence-electron chi connectivity index (χ0n) is 10.2. The number of phenolic OH excluding ortho intramolecular Hbond substituents is 1. The fourth-order valence-corrected chi connectivity index (χ4v) is 1.71. The van der Waals surface area contributed by atoms with Crippen molar-refractivity contribution in [2.45, 2.75) is 13.5 Å². The second kappa shape index (κ2) is 5.67. The summed E-state index contributed by atoms with van der Waals surface area (Å²) in [6, 6.07) is 6.03.